The molecule has 0 aromatic carbocycles. The molecule has 1 aliphatic carbocycles. The quantitative estimate of drug-likeness (QED) is 0.539. The van der Waals surface area contributed by atoms with Gasteiger partial charge in [-0.25, -0.2) is 0 Å². The Hall–Kier alpha value is -1.06. The number of hydrogen-bond donors (Lipinski definition) is 1. The zero-order valence-corrected chi connectivity index (χ0v) is 13.7. The molecule has 21 heavy (non-hydrogen) atoms. The molecular formula is C17H30O4. The minimum absolute atomic E-state index is 0.317. The SMILES string of the molecule is CCCCCCC(C)(C)OC(=O)C1CCCCC1C(=O)O. The topological polar surface area (TPSA) is 63.6 Å². The Morgan fingerprint density at radius 2 is 1.71 bits per heavy atom. The summed E-state index contributed by atoms with van der Waals surface area (Å²) >= 11 is 0. The van der Waals surface area contributed by atoms with Crippen LogP contribution in [0.2, 0.25) is 0 Å². The molecule has 0 aliphatic heterocycles. The molecule has 1 N–H and O–H groups in total. The number of carbonyl (C=O) groups excluding carboxylic acids is 1. The van der Waals surface area contributed by atoms with E-state index in [2.05, 4.69) is 6.92 Å². The Morgan fingerprint density at radius 3 is 2.29 bits per heavy atom. The van der Waals surface area contributed by atoms with Crippen LogP contribution in [0.25, 0.3) is 0 Å². The molecule has 0 radical (unpaired) electrons. The van der Waals surface area contributed by atoms with Crippen molar-refractivity contribution in [3.05, 3.63) is 0 Å². The van der Waals surface area contributed by atoms with E-state index in [4.69, 9.17) is 4.74 Å². The summed E-state index contributed by atoms with van der Waals surface area (Å²) in [6, 6.07) is 0. The van der Waals surface area contributed by atoms with Crippen LogP contribution in [0.5, 0.6) is 0 Å². The summed E-state index contributed by atoms with van der Waals surface area (Å²) in [6.07, 6.45) is 8.45. The van der Waals surface area contributed by atoms with Crippen molar-refractivity contribution in [3.8, 4) is 0 Å². The molecule has 0 saturated heterocycles. The van der Waals surface area contributed by atoms with Gasteiger partial charge in [0.15, 0.2) is 0 Å². The Bertz CT molecular complexity index is 349. The molecule has 0 heterocycles. The van der Waals surface area contributed by atoms with E-state index < -0.39 is 23.4 Å². The van der Waals surface area contributed by atoms with Crippen LogP contribution in [-0.4, -0.2) is 22.6 Å². The van der Waals surface area contributed by atoms with Gasteiger partial charge in [-0.2, -0.15) is 0 Å². The molecule has 2 atom stereocenters. The van der Waals surface area contributed by atoms with Crippen molar-refractivity contribution in [1.29, 1.82) is 0 Å². The molecule has 2 unspecified atom stereocenters. The predicted molar refractivity (Wildman–Crippen MR) is 82.0 cm³/mol. The van der Waals surface area contributed by atoms with Crippen LogP contribution in [0.15, 0.2) is 0 Å². The zero-order valence-electron chi connectivity index (χ0n) is 13.7. The Morgan fingerprint density at radius 1 is 1.10 bits per heavy atom. The van der Waals surface area contributed by atoms with Gasteiger partial charge in [-0.3, -0.25) is 9.59 Å². The van der Waals surface area contributed by atoms with Crippen molar-refractivity contribution in [2.24, 2.45) is 11.8 Å². The summed E-state index contributed by atoms with van der Waals surface area (Å²) in [7, 11) is 0. The smallest absolute Gasteiger partial charge is 0.310 e. The van der Waals surface area contributed by atoms with Gasteiger partial charge in [0.25, 0.3) is 0 Å². The van der Waals surface area contributed by atoms with Crippen LogP contribution in [0.4, 0.5) is 0 Å². The summed E-state index contributed by atoms with van der Waals surface area (Å²) in [6.45, 7) is 6.02. The van der Waals surface area contributed by atoms with E-state index in [-0.39, 0.29) is 5.97 Å². The molecule has 1 aliphatic rings. The van der Waals surface area contributed by atoms with Gasteiger partial charge < -0.3 is 9.84 Å². The van der Waals surface area contributed by atoms with Gasteiger partial charge >= 0.3 is 11.9 Å². The predicted octanol–water partition coefficient (Wildman–Crippen LogP) is 4.17. The van der Waals surface area contributed by atoms with Gasteiger partial charge in [-0.1, -0.05) is 39.0 Å². The number of ether oxygens (including phenoxy) is 1. The van der Waals surface area contributed by atoms with Gasteiger partial charge in [-0.05, 0) is 39.5 Å². The lowest BCUT2D eigenvalue weighted by atomic mass is 9.79. The maximum absolute atomic E-state index is 12.3. The van der Waals surface area contributed by atoms with Gasteiger partial charge in [0.2, 0.25) is 0 Å². The average molecular weight is 298 g/mol. The van der Waals surface area contributed by atoms with E-state index in [1.165, 1.54) is 12.8 Å². The number of unbranched alkanes of at least 4 members (excludes halogenated alkanes) is 3. The van der Waals surface area contributed by atoms with E-state index in [9.17, 15) is 14.7 Å². The number of esters is 1. The maximum Gasteiger partial charge on any atom is 0.310 e. The van der Waals surface area contributed by atoms with Crippen LogP contribution in [0.1, 0.15) is 78.6 Å². The maximum atomic E-state index is 12.3. The summed E-state index contributed by atoms with van der Waals surface area (Å²) in [5.74, 6) is -2.21. The lowest BCUT2D eigenvalue weighted by Crippen LogP contribution is -2.38. The standard InChI is InChI=1S/C17H30O4/c1-4-5-6-9-12-17(2,3)21-16(20)14-11-8-7-10-13(14)15(18)19/h13-14H,4-12H2,1-3H3,(H,18,19). The number of carboxylic acid groups (broad SMARTS) is 1. The summed E-state index contributed by atoms with van der Waals surface area (Å²) in [5, 5.41) is 9.25. The molecule has 4 nitrogen and oxygen atoms in total. The fourth-order valence-corrected chi connectivity index (χ4v) is 3.09. The molecule has 1 rings (SSSR count). The first kappa shape index (κ1) is 18.0. The van der Waals surface area contributed by atoms with Crippen molar-refractivity contribution >= 4 is 11.9 Å². The highest BCUT2D eigenvalue weighted by molar-refractivity contribution is 5.81. The van der Waals surface area contributed by atoms with Crippen LogP contribution in [0, 0.1) is 11.8 Å². The molecule has 4 heteroatoms. The Balaban J connectivity index is 2.51. The van der Waals surface area contributed by atoms with E-state index in [0.29, 0.717) is 12.8 Å². The number of carbonyl (C=O) groups is 2. The first-order chi connectivity index (χ1) is 9.87. The molecule has 0 aromatic heterocycles. The number of carboxylic acids is 1. The Labute approximate surface area is 128 Å². The van der Waals surface area contributed by atoms with Gasteiger partial charge in [0, 0.05) is 0 Å². The normalized spacial score (nSPS) is 22.8. The van der Waals surface area contributed by atoms with E-state index in [1.54, 1.807) is 0 Å². The second-order valence-corrected chi connectivity index (χ2v) is 6.83. The molecule has 0 amide bonds. The molecule has 0 aromatic rings. The molecule has 1 saturated carbocycles. The number of hydrogen-bond acceptors (Lipinski definition) is 3. The third-order valence-corrected chi connectivity index (χ3v) is 4.40. The van der Waals surface area contributed by atoms with E-state index in [1.807, 2.05) is 13.8 Å². The van der Waals surface area contributed by atoms with Crippen LogP contribution in [0.3, 0.4) is 0 Å². The van der Waals surface area contributed by atoms with Crippen molar-refractivity contribution in [1.82, 2.24) is 0 Å². The summed E-state index contributed by atoms with van der Waals surface area (Å²) in [4.78, 5) is 23.6. The Kier molecular flexibility index (Phi) is 7.20. The highest BCUT2D eigenvalue weighted by atomic mass is 16.6. The minimum Gasteiger partial charge on any atom is -0.481 e. The highest BCUT2D eigenvalue weighted by Gasteiger charge is 2.38. The second kappa shape index (κ2) is 8.40. The van der Waals surface area contributed by atoms with Crippen LogP contribution < -0.4 is 0 Å². The highest BCUT2D eigenvalue weighted by Crippen LogP contribution is 2.33. The molecule has 0 spiro atoms. The molecular weight excluding hydrogens is 268 g/mol. The minimum atomic E-state index is -0.864. The summed E-state index contributed by atoms with van der Waals surface area (Å²) < 4.78 is 5.64. The van der Waals surface area contributed by atoms with Crippen molar-refractivity contribution in [2.75, 3.05) is 0 Å². The van der Waals surface area contributed by atoms with E-state index in [0.717, 1.165) is 32.1 Å². The monoisotopic (exact) mass is 298 g/mol. The average Bonchev–Trinajstić information content (AvgIpc) is 2.43. The van der Waals surface area contributed by atoms with Crippen LogP contribution in [-0.2, 0) is 14.3 Å². The molecule has 0 bridgehead atoms. The lowest BCUT2D eigenvalue weighted by molar-refractivity contribution is -0.170. The molecule has 122 valence electrons. The van der Waals surface area contributed by atoms with Gasteiger partial charge in [-0.15, -0.1) is 0 Å². The van der Waals surface area contributed by atoms with Crippen molar-refractivity contribution < 1.29 is 19.4 Å². The first-order valence-electron chi connectivity index (χ1n) is 8.33. The zero-order chi connectivity index (χ0) is 15.9. The number of aliphatic carboxylic acids is 1. The lowest BCUT2D eigenvalue weighted by Gasteiger charge is -2.31. The van der Waals surface area contributed by atoms with Gasteiger partial charge in [0.05, 0.1) is 11.8 Å². The first-order valence-corrected chi connectivity index (χ1v) is 8.33. The van der Waals surface area contributed by atoms with Gasteiger partial charge in [0.1, 0.15) is 5.60 Å². The largest absolute Gasteiger partial charge is 0.481 e. The fraction of sp³-hybridized carbons (Fsp3) is 0.882. The molecule has 1 fully saturated rings. The fourth-order valence-electron chi connectivity index (χ4n) is 3.09. The third kappa shape index (κ3) is 6.06. The van der Waals surface area contributed by atoms with Crippen molar-refractivity contribution in [2.45, 2.75) is 84.2 Å². The third-order valence-electron chi connectivity index (χ3n) is 4.40. The van der Waals surface area contributed by atoms with Crippen LogP contribution >= 0.6 is 0 Å². The second-order valence-electron chi connectivity index (χ2n) is 6.83. The summed E-state index contributed by atoms with van der Waals surface area (Å²) in [5.41, 5.74) is -0.495. The van der Waals surface area contributed by atoms with E-state index >= 15 is 0 Å². The number of rotatable bonds is 8. The van der Waals surface area contributed by atoms with Crippen molar-refractivity contribution in [3.63, 3.8) is 0 Å².